The Hall–Kier alpha value is -1.01. The molecule has 92 valence electrons. The van der Waals surface area contributed by atoms with Crippen LogP contribution in [0, 0.1) is 11.8 Å². The zero-order chi connectivity index (χ0) is 12.2. The topological polar surface area (TPSA) is 35.5 Å². The average Bonchev–Trinajstić information content (AvgIpc) is 2.27. The molecular weight excluding hydrogens is 204 g/mol. The van der Waals surface area contributed by atoms with E-state index in [1.54, 1.807) is 14.0 Å². The van der Waals surface area contributed by atoms with Crippen LogP contribution in [-0.2, 0) is 14.3 Å². The van der Waals surface area contributed by atoms with E-state index in [0.29, 0.717) is 6.61 Å². The quantitative estimate of drug-likeness (QED) is 0.380. The van der Waals surface area contributed by atoms with Gasteiger partial charge in [-0.25, -0.2) is 0 Å². The van der Waals surface area contributed by atoms with Gasteiger partial charge in [-0.3, -0.25) is 4.79 Å². The summed E-state index contributed by atoms with van der Waals surface area (Å²) in [6.45, 7) is 4.35. The van der Waals surface area contributed by atoms with E-state index in [-0.39, 0.29) is 18.5 Å². The molecule has 0 N–H and O–H groups in total. The largest absolute Gasteiger partial charge is 0.466 e. The molecule has 0 fully saturated rings. The van der Waals surface area contributed by atoms with Crippen LogP contribution in [0.5, 0.6) is 0 Å². The van der Waals surface area contributed by atoms with Gasteiger partial charge >= 0.3 is 5.97 Å². The molecule has 0 aromatic carbocycles. The SMILES string of the molecule is CCCCCC#C[C@H](CC(=O)OCC)OC. The maximum Gasteiger partial charge on any atom is 0.309 e. The molecule has 0 aliphatic rings. The number of rotatable bonds is 7. The number of esters is 1. The Labute approximate surface area is 98.5 Å². The lowest BCUT2D eigenvalue weighted by molar-refractivity contribution is -0.144. The minimum Gasteiger partial charge on any atom is -0.466 e. The summed E-state index contributed by atoms with van der Waals surface area (Å²) in [7, 11) is 1.56. The molecule has 0 spiro atoms. The van der Waals surface area contributed by atoms with Crippen molar-refractivity contribution >= 4 is 5.97 Å². The second-order valence-electron chi connectivity index (χ2n) is 3.51. The predicted molar refractivity (Wildman–Crippen MR) is 64.0 cm³/mol. The third-order valence-corrected chi connectivity index (χ3v) is 2.11. The number of carbonyl (C=O) groups is 1. The first-order valence-electron chi connectivity index (χ1n) is 5.91. The molecule has 16 heavy (non-hydrogen) atoms. The first-order chi connectivity index (χ1) is 7.74. The second kappa shape index (κ2) is 10.5. The van der Waals surface area contributed by atoms with Crippen LogP contribution in [0.1, 0.15) is 46.0 Å². The molecule has 0 amide bonds. The Morgan fingerprint density at radius 2 is 2.06 bits per heavy atom. The summed E-state index contributed by atoms with van der Waals surface area (Å²) in [6, 6.07) is 0. The lowest BCUT2D eigenvalue weighted by Gasteiger charge is -2.07. The highest BCUT2D eigenvalue weighted by Gasteiger charge is 2.10. The van der Waals surface area contributed by atoms with Gasteiger partial charge in [0.25, 0.3) is 0 Å². The van der Waals surface area contributed by atoms with Crippen LogP contribution in [0.2, 0.25) is 0 Å². The van der Waals surface area contributed by atoms with Crippen LogP contribution in [0.25, 0.3) is 0 Å². The van der Waals surface area contributed by atoms with E-state index in [2.05, 4.69) is 18.8 Å². The Bertz CT molecular complexity index is 237. The fourth-order valence-corrected chi connectivity index (χ4v) is 1.21. The molecule has 0 aliphatic heterocycles. The van der Waals surface area contributed by atoms with Gasteiger partial charge in [0, 0.05) is 13.5 Å². The molecule has 0 saturated carbocycles. The van der Waals surface area contributed by atoms with Gasteiger partial charge in [0.1, 0.15) is 6.10 Å². The van der Waals surface area contributed by atoms with Crippen molar-refractivity contribution in [3.8, 4) is 11.8 Å². The van der Waals surface area contributed by atoms with Gasteiger partial charge in [-0.05, 0) is 13.3 Å². The van der Waals surface area contributed by atoms with Crippen molar-refractivity contribution in [2.24, 2.45) is 0 Å². The monoisotopic (exact) mass is 226 g/mol. The van der Waals surface area contributed by atoms with Gasteiger partial charge in [0.05, 0.1) is 13.0 Å². The smallest absolute Gasteiger partial charge is 0.309 e. The molecule has 3 nitrogen and oxygen atoms in total. The van der Waals surface area contributed by atoms with Gasteiger partial charge < -0.3 is 9.47 Å². The summed E-state index contributed by atoms with van der Waals surface area (Å²) in [5.74, 6) is 5.73. The van der Waals surface area contributed by atoms with E-state index in [0.717, 1.165) is 12.8 Å². The molecule has 0 unspecified atom stereocenters. The molecular formula is C13H22O3. The standard InChI is InChI=1S/C13H22O3/c1-4-6-7-8-9-10-12(15-3)11-13(14)16-5-2/h12H,4-8,11H2,1-3H3/t12-/m1/s1. The molecule has 0 aromatic heterocycles. The van der Waals surface area contributed by atoms with Crippen LogP contribution in [0.4, 0.5) is 0 Å². The normalized spacial score (nSPS) is 11.4. The maximum atomic E-state index is 11.2. The summed E-state index contributed by atoms with van der Waals surface area (Å²) < 4.78 is 9.93. The Balaban J connectivity index is 3.84. The van der Waals surface area contributed by atoms with Gasteiger partial charge in [-0.1, -0.05) is 25.7 Å². The van der Waals surface area contributed by atoms with Crippen molar-refractivity contribution in [3.05, 3.63) is 0 Å². The van der Waals surface area contributed by atoms with Crippen LogP contribution < -0.4 is 0 Å². The number of unbranched alkanes of at least 4 members (excludes halogenated alkanes) is 3. The summed E-state index contributed by atoms with van der Waals surface area (Å²) in [5, 5.41) is 0. The van der Waals surface area contributed by atoms with Crippen molar-refractivity contribution in [2.45, 2.75) is 52.1 Å². The Morgan fingerprint density at radius 1 is 1.31 bits per heavy atom. The average molecular weight is 226 g/mol. The number of ether oxygens (including phenoxy) is 2. The number of methoxy groups -OCH3 is 1. The van der Waals surface area contributed by atoms with Gasteiger partial charge in [0.15, 0.2) is 0 Å². The summed E-state index contributed by atoms with van der Waals surface area (Å²) in [6.07, 6.45) is 4.25. The van der Waals surface area contributed by atoms with Crippen LogP contribution in [-0.4, -0.2) is 25.8 Å². The number of hydrogen-bond acceptors (Lipinski definition) is 3. The predicted octanol–water partition coefficient (Wildman–Crippen LogP) is 2.54. The molecule has 3 heteroatoms. The van der Waals surface area contributed by atoms with E-state index in [1.807, 2.05) is 0 Å². The first kappa shape index (κ1) is 15.0. The first-order valence-corrected chi connectivity index (χ1v) is 5.91. The lowest BCUT2D eigenvalue weighted by atomic mass is 10.2. The fraction of sp³-hybridized carbons (Fsp3) is 0.769. The highest BCUT2D eigenvalue weighted by atomic mass is 16.5. The van der Waals surface area contributed by atoms with Crippen molar-refractivity contribution in [3.63, 3.8) is 0 Å². The Morgan fingerprint density at radius 3 is 2.62 bits per heavy atom. The fourth-order valence-electron chi connectivity index (χ4n) is 1.21. The molecule has 0 bridgehead atoms. The van der Waals surface area contributed by atoms with Gasteiger partial charge in [-0.15, -0.1) is 5.92 Å². The van der Waals surface area contributed by atoms with Crippen LogP contribution >= 0.6 is 0 Å². The van der Waals surface area contributed by atoms with Crippen molar-refractivity contribution in [1.82, 2.24) is 0 Å². The van der Waals surface area contributed by atoms with E-state index >= 15 is 0 Å². The summed E-state index contributed by atoms with van der Waals surface area (Å²) in [4.78, 5) is 11.2. The molecule has 0 aliphatic carbocycles. The maximum absolute atomic E-state index is 11.2. The van der Waals surface area contributed by atoms with Crippen LogP contribution in [0.15, 0.2) is 0 Å². The van der Waals surface area contributed by atoms with E-state index in [9.17, 15) is 4.79 Å². The lowest BCUT2D eigenvalue weighted by Crippen LogP contribution is -2.16. The van der Waals surface area contributed by atoms with Gasteiger partial charge in [-0.2, -0.15) is 0 Å². The van der Waals surface area contributed by atoms with Crippen molar-refractivity contribution in [2.75, 3.05) is 13.7 Å². The second-order valence-corrected chi connectivity index (χ2v) is 3.51. The van der Waals surface area contributed by atoms with E-state index < -0.39 is 0 Å². The van der Waals surface area contributed by atoms with E-state index in [1.165, 1.54) is 12.8 Å². The summed E-state index contributed by atoms with van der Waals surface area (Å²) in [5.41, 5.74) is 0. The third kappa shape index (κ3) is 8.31. The zero-order valence-electron chi connectivity index (χ0n) is 10.5. The molecule has 0 radical (unpaired) electrons. The minimum atomic E-state index is -0.333. The molecule has 0 heterocycles. The highest BCUT2D eigenvalue weighted by molar-refractivity contribution is 5.70. The molecule has 0 aromatic rings. The molecule has 0 saturated heterocycles. The number of carbonyl (C=O) groups excluding carboxylic acids is 1. The minimum absolute atomic E-state index is 0.213. The summed E-state index contributed by atoms with van der Waals surface area (Å²) >= 11 is 0. The zero-order valence-corrected chi connectivity index (χ0v) is 10.5. The molecule has 1 atom stereocenters. The third-order valence-electron chi connectivity index (χ3n) is 2.11. The van der Waals surface area contributed by atoms with Crippen LogP contribution in [0.3, 0.4) is 0 Å². The molecule has 0 rings (SSSR count). The highest BCUT2D eigenvalue weighted by Crippen LogP contribution is 2.00. The number of hydrogen-bond donors (Lipinski definition) is 0. The Kier molecular flexibility index (Phi) is 9.84. The van der Waals surface area contributed by atoms with Gasteiger partial charge in [0.2, 0.25) is 0 Å². The van der Waals surface area contributed by atoms with E-state index in [4.69, 9.17) is 9.47 Å². The van der Waals surface area contributed by atoms with Crippen molar-refractivity contribution in [1.29, 1.82) is 0 Å². The van der Waals surface area contributed by atoms with Crippen molar-refractivity contribution < 1.29 is 14.3 Å².